The Morgan fingerprint density at radius 3 is 2.34 bits per heavy atom. The van der Waals surface area contributed by atoms with Gasteiger partial charge in [0.25, 0.3) is 5.91 Å². The van der Waals surface area contributed by atoms with Crippen LogP contribution in [0.2, 0.25) is 0 Å². The molecule has 2 N–H and O–H groups in total. The lowest BCUT2D eigenvalue weighted by molar-refractivity contribution is -0.256. The Morgan fingerprint density at radius 2 is 1.76 bits per heavy atom. The summed E-state index contributed by atoms with van der Waals surface area (Å²) in [7, 11) is 0. The topological polar surface area (TPSA) is 90.3 Å². The molecule has 41 heavy (non-hydrogen) atoms. The Balaban J connectivity index is 1.16. The molecule has 2 aliphatic heterocycles. The van der Waals surface area contributed by atoms with Crippen molar-refractivity contribution < 1.29 is 42.1 Å². The number of allylic oxidation sites excluding steroid dienone is 3. The number of nitrogens with zero attached hydrogens (tertiary/aromatic N) is 2. The highest BCUT2D eigenvalue weighted by Gasteiger charge is 2.58. The number of benzene rings is 1. The molecule has 2 saturated heterocycles. The number of hydrogen-bond acceptors (Lipinski definition) is 5. The highest BCUT2D eigenvalue weighted by molar-refractivity contribution is 5.93. The van der Waals surface area contributed by atoms with E-state index in [1.165, 1.54) is 6.08 Å². The molecule has 0 spiro atoms. The van der Waals surface area contributed by atoms with Crippen LogP contribution in [0, 0.1) is 11.3 Å². The second-order valence-corrected chi connectivity index (χ2v) is 11.9. The van der Waals surface area contributed by atoms with Crippen LogP contribution >= 0.6 is 0 Å². The average Bonchev–Trinajstić information content (AvgIpc) is 3.31. The highest BCUT2D eigenvalue weighted by Crippen LogP contribution is 2.53. The lowest BCUT2D eigenvalue weighted by Gasteiger charge is -2.47. The molecule has 2 heterocycles. The van der Waals surface area contributed by atoms with E-state index in [1.54, 1.807) is 36.4 Å². The van der Waals surface area contributed by atoms with Gasteiger partial charge in [-0.2, -0.15) is 13.2 Å². The molecule has 0 aromatic heterocycles. The summed E-state index contributed by atoms with van der Waals surface area (Å²) in [6, 6.07) is 5.40. The smallest absolute Gasteiger partial charge is 0.395 e. The average molecular weight is 581 g/mol. The van der Waals surface area contributed by atoms with Crippen molar-refractivity contribution in [3.63, 3.8) is 0 Å². The van der Waals surface area contributed by atoms with Crippen molar-refractivity contribution in [2.45, 2.75) is 68.4 Å². The number of halogens is 4. The first-order chi connectivity index (χ1) is 19.4. The predicted molar refractivity (Wildman–Crippen MR) is 142 cm³/mol. The lowest BCUT2D eigenvalue weighted by Crippen LogP contribution is -2.53. The van der Waals surface area contributed by atoms with Crippen LogP contribution < -0.4 is 4.74 Å². The quantitative estimate of drug-likeness (QED) is 0.441. The number of carboxylic acid groups (broad SMARTS) is 1. The molecule has 224 valence electrons. The minimum Gasteiger partial charge on any atom is -0.493 e. The van der Waals surface area contributed by atoms with Crippen LogP contribution in [0.3, 0.4) is 0 Å². The second-order valence-electron chi connectivity index (χ2n) is 11.9. The number of piperidine rings is 1. The van der Waals surface area contributed by atoms with Gasteiger partial charge in [-0.1, -0.05) is 36.8 Å². The third-order valence-corrected chi connectivity index (χ3v) is 9.23. The number of aliphatic hydroxyl groups excluding tert-OH is 1. The van der Waals surface area contributed by atoms with E-state index in [0.717, 1.165) is 23.8 Å². The number of carbonyl (C=O) groups is 2. The molecular formula is C30H36F4N2O5. The third-order valence-electron chi connectivity index (χ3n) is 9.23. The number of likely N-dealkylation sites (tertiary alicyclic amines) is 2. The first kappa shape index (κ1) is 29.6. The number of carboxylic acids is 1. The number of carbonyl (C=O) groups excluding carboxylic acids is 1. The zero-order chi connectivity index (χ0) is 29.4. The second kappa shape index (κ2) is 11.4. The summed E-state index contributed by atoms with van der Waals surface area (Å²) in [6.45, 7) is 1.46. The molecule has 4 unspecified atom stereocenters. The number of amides is 1. The molecular weight excluding hydrogens is 544 g/mol. The van der Waals surface area contributed by atoms with Gasteiger partial charge in [0.15, 0.2) is 0 Å². The van der Waals surface area contributed by atoms with Gasteiger partial charge in [0.2, 0.25) is 5.67 Å². The van der Waals surface area contributed by atoms with Gasteiger partial charge in [-0.05, 0) is 68.5 Å². The summed E-state index contributed by atoms with van der Waals surface area (Å²) in [5.41, 5.74) is -3.56. The fourth-order valence-electron chi connectivity index (χ4n) is 6.52. The van der Waals surface area contributed by atoms with Gasteiger partial charge in [-0.3, -0.25) is 4.79 Å². The first-order valence-electron chi connectivity index (χ1n) is 14.2. The number of β-amino-alcohol motifs (C(OH)–C–C–N with tert-alkyl or cyclic N) is 1. The number of rotatable bonds is 8. The van der Waals surface area contributed by atoms with Crippen LogP contribution in [0.15, 0.2) is 48.6 Å². The van der Waals surface area contributed by atoms with E-state index < -0.39 is 47.2 Å². The van der Waals surface area contributed by atoms with Crippen molar-refractivity contribution in [3.8, 4) is 5.75 Å². The SMILES string of the molecule is O=C(O)C1CC(O)CN1C(=O)C1(F)C=CC=CC1c1ccc(OCC2CCN(CC3(C(F)(F)F)CCC3)CC2)cc1. The lowest BCUT2D eigenvalue weighted by atomic mass is 9.67. The van der Waals surface area contributed by atoms with Crippen LogP contribution in [0.4, 0.5) is 17.6 Å². The van der Waals surface area contributed by atoms with Crippen LogP contribution in [-0.2, 0) is 9.59 Å². The maximum absolute atomic E-state index is 16.3. The zero-order valence-electron chi connectivity index (χ0n) is 22.7. The monoisotopic (exact) mass is 580 g/mol. The van der Waals surface area contributed by atoms with E-state index in [9.17, 15) is 33.0 Å². The fraction of sp³-hybridized carbons (Fsp3) is 0.600. The van der Waals surface area contributed by atoms with Crippen molar-refractivity contribution in [2.24, 2.45) is 11.3 Å². The maximum atomic E-state index is 16.3. The minimum absolute atomic E-state index is 0.0736. The van der Waals surface area contributed by atoms with Gasteiger partial charge in [0.05, 0.1) is 18.1 Å². The van der Waals surface area contributed by atoms with Crippen molar-refractivity contribution in [1.29, 1.82) is 0 Å². The number of alkyl halides is 4. The van der Waals surface area contributed by atoms with Gasteiger partial charge in [-0.15, -0.1) is 0 Å². The summed E-state index contributed by atoms with van der Waals surface area (Å²) >= 11 is 0. The van der Waals surface area contributed by atoms with E-state index in [-0.39, 0.29) is 38.3 Å². The van der Waals surface area contributed by atoms with Gasteiger partial charge in [0.1, 0.15) is 11.8 Å². The molecule has 1 saturated carbocycles. The molecule has 5 rings (SSSR count). The summed E-state index contributed by atoms with van der Waals surface area (Å²) in [4.78, 5) is 27.7. The van der Waals surface area contributed by atoms with Crippen LogP contribution in [-0.4, -0.2) is 88.7 Å². The molecule has 1 amide bonds. The normalized spacial score (nSPS) is 30.3. The molecule has 0 radical (unpaired) electrons. The Hall–Kier alpha value is -2.92. The molecule has 1 aromatic carbocycles. The zero-order valence-corrected chi connectivity index (χ0v) is 22.7. The molecule has 11 heteroatoms. The molecule has 4 aliphatic rings. The summed E-state index contributed by atoms with van der Waals surface area (Å²) in [5, 5.41) is 19.4. The van der Waals surface area contributed by atoms with E-state index in [2.05, 4.69) is 0 Å². The van der Waals surface area contributed by atoms with E-state index >= 15 is 4.39 Å². The number of ether oxygens (including phenoxy) is 1. The van der Waals surface area contributed by atoms with Crippen LogP contribution in [0.25, 0.3) is 0 Å². The van der Waals surface area contributed by atoms with Gasteiger partial charge in [-0.25, -0.2) is 9.18 Å². The molecule has 1 aromatic rings. The largest absolute Gasteiger partial charge is 0.493 e. The fourth-order valence-corrected chi connectivity index (χ4v) is 6.52. The van der Waals surface area contributed by atoms with Crippen molar-refractivity contribution >= 4 is 11.9 Å². The van der Waals surface area contributed by atoms with Crippen LogP contribution in [0.5, 0.6) is 5.75 Å². The first-order valence-corrected chi connectivity index (χ1v) is 14.2. The van der Waals surface area contributed by atoms with Crippen LogP contribution in [0.1, 0.15) is 50.0 Å². The van der Waals surface area contributed by atoms with E-state index in [1.807, 2.05) is 4.90 Å². The standard InChI is InChI=1S/C30H36F4N2O5/c31-29(27(40)36-17-22(37)16-25(36)26(38)39)13-2-1-4-24(29)21-5-7-23(8-6-21)41-18-20-9-14-35(15-10-20)19-28(11-3-12-28)30(32,33)34/h1-2,4-8,13,20,22,24-25,37H,3,9-12,14-19H2,(H,38,39). The Kier molecular flexibility index (Phi) is 8.22. The predicted octanol–water partition coefficient (Wildman–Crippen LogP) is 4.47. The molecule has 0 bridgehead atoms. The summed E-state index contributed by atoms with van der Waals surface area (Å²) in [5.74, 6) is -2.52. The van der Waals surface area contributed by atoms with Crippen molar-refractivity contribution in [2.75, 3.05) is 32.8 Å². The van der Waals surface area contributed by atoms with E-state index in [4.69, 9.17) is 4.74 Å². The molecule has 7 nitrogen and oxygen atoms in total. The molecule has 3 fully saturated rings. The maximum Gasteiger partial charge on any atom is 0.395 e. The summed E-state index contributed by atoms with van der Waals surface area (Å²) < 4.78 is 62.9. The van der Waals surface area contributed by atoms with Crippen molar-refractivity contribution in [1.82, 2.24) is 9.80 Å². The number of aliphatic carboxylic acids is 1. The van der Waals surface area contributed by atoms with Gasteiger partial charge in [0, 0.05) is 25.4 Å². The van der Waals surface area contributed by atoms with Gasteiger partial charge < -0.3 is 24.7 Å². The molecule has 4 atom stereocenters. The Bertz CT molecular complexity index is 1170. The molecule has 2 aliphatic carbocycles. The highest BCUT2D eigenvalue weighted by atomic mass is 19.4. The number of aliphatic hydroxyl groups is 1. The Morgan fingerprint density at radius 1 is 1.07 bits per heavy atom. The number of hydrogen-bond donors (Lipinski definition) is 2. The summed E-state index contributed by atoms with van der Waals surface area (Å²) in [6.07, 6.45) is 2.93. The third kappa shape index (κ3) is 5.88. The minimum atomic E-state index is -4.16. The van der Waals surface area contributed by atoms with Gasteiger partial charge >= 0.3 is 12.1 Å². The van der Waals surface area contributed by atoms with E-state index in [0.29, 0.717) is 37.4 Å². The van der Waals surface area contributed by atoms with Crippen molar-refractivity contribution in [3.05, 3.63) is 54.1 Å². The Labute approximate surface area is 236 Å².